The van der Waals surface area contributed by atoms with Crippen molar-refractivity contribution in [2.24, 2.45) is 0 Å². The van der Waals surface area contributed by atoms with E-state index in [1.165, 1.54) is 51.3 Å². The smallest absolute Gasteiger partial charge is 0.255 e. The van der Waals surface area contributed by atoms with Crippen molar-refractivity contribution in [1.29, 1.82) is 0 Å². The Morgan fingerprint density at radius 1 is 1.19 bits per heavy atom. The molecule has 1 saturated carbocycles. The molecule has 2 aromatic carbocycles. The van der Waals surface area contributed by atoms with E-state index in [2.05, 4.69) is 17.3 Å². The molecule has 2 aromatic rings. The van der Waals surface area contributed by atoms with Crippen LogP contribution < -0.4 is 10.1 Å². The predicted molar refractivity (Wildman–Crippen MR) is 106 cm³/mol. The summed E-state index contributed by atoms with van der Waals surface area (Å²) in [4.78, 5) is 14.9. The molecule has 1 amide bonds. The molecule has 27 heavy (non-hydrogen) atoms. The van der Waals surface area contributed by atoms with Crippen LogP contribution in [0.15, 0.2) is 42.5 Å². The maximum atomic E-state index is 13.9. The van der Waals surface area contributed by atoms with E-state index < -0.39 is 5.82 Å². The third-order valence-corrected chi connectivity index (χ3v) is 5.30. The number of halogens is 1. The van der Waals surface area contributed by atoms with Gasteiger partial charge in [0.25, 0.3) is 5.91 Å². The van der Waals surface area contributed by atoms with Crippen molar-refractivity contribution >= 4 is 11.6 Å². The first-order valence-corrected chi connectivity index (χ1v) is 9.51. The topological polar surface area (TPSA) is 41.6 Å². The molecule has 1 fully saturated rings. The van der Waals surface area contributed by atoms with Gasteiger partial charge >= 0.3 is 0 Å². The van der Waals surface area contributed by atoms with Crippen molar-refractivity contribution < 1.29 is 13.9 Å². The molecule has 3 rings (SSSR count). The minimum Gasteiger partial charge on any atom is -0.494 e. The zero-order valence-corrected chi connectivity index (χ0v) is 16.0. The van der Waals surface area contributed by atoms with Gasteiger partial charge in [-0.1, -0.05) is 37.5 Å². The summed E-state index contributed by atoms with van der Waals surface area (Å²) >= 11 is 0. The average molecular weight is 370 g/mol. The minimum absolute atomic E-state index is 0.126. The van der Waals surface area contributed by atoms with Crippen LogP contribution in [-0.4, -0.2) is 31.0 Å². The summed E-state index contributed by atoms with van der Waals surface area (Å²) in [6.45, 7) is 0.776. The fraction of sp³-hybridized carbons (Fsp3) is 0.409. The predicted octanol–water partition coefficient (Wildman–Crippen LogP) is 4.85. The number of nitrogens with zero attached hydrogens (tertiary/aromatic N) is 1. The first-order valence-electron chi connectivity index (χ1n) is 9.51. The Kier molecular flexibility index (Phi) is 6.45. The zero-order valence-electron chi connectivity index (χ0n) is 16.0. The number of benzene rings is 2. The highest BCUT2D eigenvalue weighted by atomic mass is 19.1. The molecular weight excluding hydrogens is 343 g/mol. The van der Waals surface area contributed by atoms with Crippen LogP contribution in [0.3, 0.4) is 0 Å². The molecule has 0 unspecified atom stereocenters. The Morgan fingerprint density at radius 2 is 1.93 bits per heavy atom. The Bertz CT molecular complexity index is 788. The molecule has 1 N–H and O–H groups in total. The summed E-state index contributed by atoms with van der Waals surface area (Å²) in [5.41, 5.74) is 2.10. The number of carbonyl (C=O) groups is 1. The summed E-state index contributed by atoms with van der Waals surface area (Å²) in [6, 6.07) is 12.6. The summed E-state index contributed by atoms with van der Waals surface area (Å²) < 4.78 is 18.8. The van der Waals surface area contributed by atoms with Gasteiger partial charge in [0, 0.05) is 23.8 Å². The summed E-state index contributed by atoms with van der Waals surface area (Å²) in [5.74, 6) is -0.749. The van der Waals surface area contributed by atoms with Crippen LogP contribution >= 0.6 is 0 Å². The van der Waals surface area contributed by atoms with Gasteiger partial charge in [0.2, 0.25) is 0 Å². The van der Waals surface area contributed by atoms with Gasteiger partial charge in [0.05, 0.1) is 7.11 Å². The third-order valence-electron chi connectivity index (χ3n) is 5.30. The maximum absolute atomic E-state index is 13.9. The number of para-hydroxylation sites is 1. The van der Waals surface area contributed by atoms with E-state index in [1.54, 1.807) is 6.07 Å². The van der Waals surface area contributed by atoms with Crippen LogP contribution in [0, 0.1) is 5.82 Å². The Balaban J connectivity index is 1.71. The highest BCUT2D eigenvalue weighted by Gasteiger charge is 2.19. The van der Waals surface area contributed by atoms with E-state index >= 15 is 0 Å². The Labute approximate surface area is 160 Å². The minimum atomic E-state index is -0.546. The number of rotatable bonds is 6. The van der Waals surface area contributed by atoms with Crippen LogP contribution in [0.4, 0.5) is 10.1 Å². The number of hydrogen-bond donors (Lipinski definition) is 1. The lowest BCUT2D eigenvalue weighted by atomic mass is 9.94. The van der Waals surface area contributed by atoms with Crippen molar-refractivity contribution in [2.45, 2.75) is 44.7 Å². The largest absolute Gasteiger partial charge is 0.494 e. The standard InChI is InChI=1S/C22H27FN2O2/c1-25(18-9-4-3-5-10-18)15-17-8-6-7-11-20(17)24-22(26)16-12-13-21(27-2)19(23)14-16/h6-8,11-14,18H,3-5,9-10,15H2,1-2H3,(H,24,26). The summed E-state index contributed by atoms with van der Waals surface area (Å²) in [5, 5.41) is 2.93. The van der Waals surface area contributed by atoms with Crippen LogP contribution in [-0.2, 0) is 6.54 Å². The fourth-order valence-corrected chi connectivity index (χ4v) is 3.70. The zero-order chi connectivity index (χ0) is 19.2. The molecule has 0 spiro atoms. The molecule has 4 nitrogen and oxygen atoms in total. The first-order chi connectivity index (χ1) is 13.1. The van der Waals surface area contributed by atoms with Gasteiger partial charge in [-0.3, -0.25) is 9.69 Å². The number of anilines is 1. The van der Waals surface area contributed by atoms with Gasteiger partial charge in [-0.15, -0.1) is 0 Å². The van der Waals surface area contributed by atoms with Gasteiger partial charge in [0.1, 0.15) is 0 Å². The van der Waals surface area contributed by atoms with E-state index in [1.807, 2.05) is 24.3 Å². The number of methoxy groups -OCH3 is 1. The molecular formula is C22H27FN2O2. The van der Waals surface area contributed by atoms with Crippen molar-refractivity contribution in [3.63, 3.8) is 0 Å². The van der Waals surface area contributed by atoms with Gasteiger partial charge in [-0.05, 0) is 49.7 Å². The number of ether oxygens (including phenoxy) is 1. The highest BCUT2D eigenvalue weighted by molar-refractivity contribution is 6.04. The summed E-state index contributed by atoms with van der Waals surface area (Å²) in [7, 11) is 3.55. The SMILES string of the molecule is COc1ccc(C(=O)Nc2ccccc2CN(C)C2CCCCC2)cc1F. The molecule has 0 heterocycles. The molecule has 0 aromatic heterocycles. The molecule has 0 aliphatic heterocycles. The molecule has 1 aliphatic carbocycles. The van der Waals surface area contributed by atoms with Crippen molar-refractivity contribution in [3.05, 3.63) is 59.4 Å². The van der Waals surface area contributed by atoms with Crippen LogP contribution in [0.1, 0.15) is 48.0 Å². The van der Waals surface area contributed by atoms with Crippen molar-refractivity contribution in [2.75, 3.05) is 19.5 Å². The van der Waals surface area contributed by atoms with E-state index in [4.69, 9.17) is 4.74 Å². The van der Waals surface area contributed by atoms with Crippen molar-refractivity contribution in [1.82, 2.24) is 4.90 Å². The average Bonchev–Trinajstić information content (AvgIpc) is 2.70. The number of amides is 1. The fourth-order valence-electron chi connectivity index (χ4n) is 3.70. The molecule has 0 radical (unpaired) electrons. The number of carbonyl (C=O) groups excluding carboxylic acids is 1. The second kappa shape index (κ2) is 9.00. The molecule has 5 heteroatoms. The van der Waals surface area contributed by atoms with Crippen LogP contribution in [0.2, 0.25) is 0 Å². The first kappa shape index (κ1) is 19.4. The number of nitrogens with one attached hydrogen (secondary N) is 1. The quantitative estimate of drug-likeness (QED) is 0.790. The van der Waals surface area contributed by atoms with Gasteiger partial charge in [0.15, 0.2) is 11.6 Å². The van der Waals surface area contributed by atoms with E-state index in [0.717, 1.165) is 17.8 Å². The lowest BCUT2D eigenvalue weighted by Crippen LogP contribution is -2.33. The highest BCUT2D eigenvalue weighted by Crippen LogP contribution is 2.25. The van der Waals surface area contributed by atoms with E-state index in [-0.39, 0.29) is 17.2 Å². The molecule has 144 valence electrons. The Hall–Kier alpha value is -2.40. The van der Waals surface area contributed by atoms with Gasteiger partial charge in [-0.2, -0.15) is 0 Å². The van der Waals surface area contributed by atoms with Crippen LogP contribution in [0.25, 0.3) is 0 Å². The lowest BCUT2D eigenvalue weighted by molar-refractivity contribution is 0.102. The third kappa shape index (κ3) is 4.86. The van der Waals surface area contributed by atoms with E-state index in [9.17, 15) is 9.18 Å². The molecule has 1 aliphatic rings. The van der Waals surface area contributed by atoms with Gasteiger partial charge < -0.3 is 10.1 Å². The second-order valence-electron chi connectivity index (χ2n) is 7.17. The lowest BCUT2D eigenvalue weighted by Gasteiger charge is -2.31. The monoisotopic (exact) mass is 370 g/mol. The van der Waals surface area contributed by atoms with E-state index in [0.29, 0.717) is 6.04 Å². The van der Waals surface area contributed by atoms with Gasteiger partial charge in [-0.25, -0.2) is 4.39 Å². The van der Waals surface area contributed by atoms with Crippen LogP contribution in [0.5, 0.6) is 5.75 Å². The molecule has 0 atom stereocenters. The number of hydrogen-bond acceptors (Lipinski definition) is 3. The Morgan fingerprint density at radius 3 is 2.63 bits per heavy atom. The normalized spacial score (nSPS) is 15.0. The maximum Gasteiger partial charge on any atom is 0.255 e. The second-order valence-corrected chi connectivity index (χ2v) is 7.17. The summed E-state index contributed by atoms with van der Waals surface area (Å²) in [6.07, 6.45) is 6.37. The van der Waals surface area contributed by atoms with Crippen molar-refractivity contribution in [3.8, 4) is 5.75 Å². The molecule has 0 saturated heterocycles. The molecule has 0 bridgehead atoms.